The molecule has 5 nitrogen and oxygen atoms in total. The van der Waals surface area contributed by atoms with Gasteiger partial charge in [-0.15, -0.1) is 0 Å². The fraction of sp³-hybridized carbons (Fsp3) is 0.714. The second-order valence-electron chi connectivity index (χ2n) is 5.52. The van der Waals surface area contributed by atoms with Crippen molar-refractivity contribution in [2.24, 2.45) is 5.73 Å². The average molecular weight is 266 g/mol. The molecule has 0 saturated heterocycles. The first kappa shape index (κ1) is 15.7. The lowest BCUT2D eigenvalue weighted by atomic mass is 9.96. The third kappa shape index (κ3) is 4.35. The maximum Gasteiger partial charge on any atom is 0.245 e. The number of nitrogens with zero attached hydrogens (tertiary/aromatic N) is 1. The van der Waals surface area contributed by atoms with E-state index in [1.165, 1.54) is 0 Å². The normalized spacial score (nSPS) is 15.8. The number of amides is 1. The van der Waals surface area contributed by atoms with Crippen molar-refractivity contribution in [3.05, 3.63) is 11.8 Å². The van der Waals surface area contributed by atoms with Crippen LogP contribution in [0.2, 0.25) is 0 Å². The molecule has 0 aliphatic carbocycles. The van der Waals surface area contributed by atoms with Crippen LogP contribution in [-0.2, 0) is 4.79 Å². The lowest BCUT2D eigenvalue weighted by Crippen LogP contribution is -2.48. The third-order valence-corrected chi connectivity index (χ3v) is 3.38. The van der Waals surface area contributed by atoms with E-state index in [-0.39, 0.29) is 5.91 Å². The van der Waals surface area contributed by atoms with Gasteiger partial charge in [-0.2, -0.15) is 5.10 Å². The number of aromatic amines is 1. The number of carbonyl (C=O) groups excluding carboxylic acids is 1. The Balaban J connectivity index is 2.66. The molecule has 2 unspecified atom stereocenters. The van der Waals surface area contributed by atoms with Gasteiger partial charge in [-0.1, -0.05) is 33.6 Å². The monoisotopic (exact) mass is 266 g/mol. The number of hydrogen-bond acceptors (Lipinski definition) is 3. The first-order chi connectivity index (χ1) is 8.90. The Bertz CT molecular complexity index is 411. The molecule has 0 aromatic carbocycles. The lowest BCUT2D eigenvalue weighted by Gasteiger charge is -2.21. The van der Waals surface area contributed by atoms with Crippen molar-refractivity contribution < 1.29 is 4.79 Å². The number of anilines is 1. The third-order valence-electron chi connectivity index (χ3n) is 3.38. The molecule has 1 heterocycles. The Hall–Kier alpha value is -1.36. The van der Waals surface area contributed by atoms with Gasteiger partial charge in [0.1, 0.15) is 0 Å². The number of rotatable bonds is 7. The SMILES string of the molecule is CCCC(C)c1cc(NC(=O)C(C)(N)CCC)n[nH]1. The van der Waals surface area contributed by atoms with E-state index in [2.05, 4.69) is 29.4 Å². The summed E-state index contributed by atoms with van der Waals surface area (Å²) >= 11 is 0. The molecule has 0 radical (unpaired) electrons. The van der Waals surface area contributed by atoms with Crippen molar-refractivity contribution in [1.82, 2.24) is 10.2 Å². The van der Waals surface area contributed by atoms with Crippen LogP contribution in [-0.4, -0.2) is 21.6 Å². The van der Waals surface area contributed by atoms with E-state index >= 15 is 0 Å². The molecule has 1 aromatic heterocycles. The topological polar surface area (TPSA) is 83.8 Å². The van der Waals surface area contributed by atoms with Crippen molar-refractivity contribution in [3.8, 4) is 0 Å². The molecule has 5 heteroatoms. The molecule has 0 bridgehead atoms. The van der Waals surface area contributed by atoms with Gasteiger partial charge in [-0.05, 0) is 25.7 Å². The first-order valence-electron chi connectivity index (χ1n) is 7.06. The highest BCUT2D eigenvalue weighted by Gasteiger charge is 2.27. The zero-order valence-electron chi connectivity index (χ0n) is 12.4. The maximum absolute atomic E-state index is 12.0. The number of nitrogens with two attached hydrogens (primary N) is 1. The highest BCUT2D eigenvalue weighted by atomic mass is 16.2. The van der Waals surface area contributed by atoms with Gasteiger partial charge in [0, 0.05) is 11.8 Å². The summed E-state index contributed by atoms with van der Waals surface area (Å²) in [6.45, 7) is 8.06. The van der Waals surface area contributed by atoms with Crippen LogP contribution in [0.3, 0.4) is 0 Å². The molecular weight excluding hydrogens is 240 g/mol. The van der Waals surface area contributed by atoms with Gasteiger partial charge in [0.05, 0.1) is 5.54 Å². The largest absolute Gasteiger partial charge is 0.318 e. The highest BCUT2D eigenvalue weighted by Crippen LogP contribution is 2.21. The Labute approximate surface area is 115 Å². The van der Waals surface area contributed by atoms with Crippen LogP contribution in [0.25, 0.3) is 0 Å². The van der Waals surface area contributed by atoms with Gasteiger partial charge in [0.2, 0.25) is 5.91 Å². The summed E-state index contributed by atoms with van der Waals surface area (Å²) in [6, 6.07) is 1.89. The fourth-order valence-electron chi connectivity index (χ4n) is 2.13. The summed E-state index contributed by atoms with van der Waals surface area (Å²) in [5.74, 6) is 0.786. The van der Waals surface area contributed by atoms with Gasteiger partial charge in [0.15, 0.2) is 5.82 Å². The Morgan fingerprint density at radius 3 is 2.79 bits per heavy atom. The molecule has 19 heavy (non-hydrogen) atoms. The number of aromatic nitrogens is 2. The van der Waals surface area contributed by atoms with Gasteiger partial charge in [-0.25, -0.2) is 0 Å². The Morgan fingerprint density at radius 1 is 1.53 bits per heavy atom. The van der Waals surface area contributed by atoms with Crippen molar-refractivity contribution in [1.29, 1.82) is 0 Å². The second-order valence-corrected chi connectivity index (χ2v) is 5.52. The van der Waals surface area contributed by atoms with Crippen molar-refractivity contribution in [3.63, 3.8) is 0 Å². The van der Waals surface area contributed by atoms with Crippen molar-refractivity contribution in [2.75, 3.05) is 5.32 Å². The number of hydrogen-bond donors (Lipinski definition) is 3. The molecule has 2 atom stereocenters. The van der Waals surface area contributed by atoms with E-state index in [1.807, 2.05) is 13.0 Å². The smallest absolute Gasteiger partial charge is 0.245 e. The highest BCUT2D eigenvalue weighted by molar-refractivity contribution is 5.96. The predicted octanol–water partition coefficient (Wildman–Crippen LogP) is 2.77. The Kier molecular flexibility index (Phi) is 5.54. The van der Waals surface area contributed by atoms with Gasteiger partial charge in [0.25, 0.3) is 0 Å². The van der Waals surface area contributed by atoms with Crippen molar-refractivity contribution >= 4 is 11.7 Å². The summed E-state index contributed by atoms with van der Waals surface area (Å²) in [4.78, 5) is 12.0. The number of nitrogens with one attached hydrogen (secondary N) is 2. The molecule has 0 spiro atoms. The van der Waals surface area contributed by atoms with Crippen LogP contribution in [0.5, 0.6) is 0 Å². The van der Waals surface area contributed by atoms with E-state index in [9.17, 15) is 4.79 Å². The van der Waals surface area contributed by atoms with Crippen LogP contribution in [0, 0.1) is 0 Å². The minimum absolute atomic E-state index is 0.185. The van der Waals surface area contributed by atoms with Gasteiger partial charge < -0.3 is 11.1 Å². The van der Waals surface area contributed by atoms with E-state index in [0.717, 1.165) is 25.0 Å². The molecule has 4 N–H and O–H groups in total. The fourth-order valence-corrected chi connectivity index (χ4v) is 2.13. The van der Waals surface area contributed by atoms with E-state index in [0.29, 0.717) is 18.2 Å². The van der Waals surface area contributed by atoms with Crippen LogP contribution >= 0.6 is 0 Å². The molecule has 1 aromatic rings. The number of H-pyrrole nitrogens is 1. The zero-order chi connectivity index (χ0) is 14.5. The van der Waals surface area contributed by atoms with Crippen LogP contribution in [0.15, 0.2) is 6.07 Å². The Morgan fingerprint density at radius 2 is 2.21 bits per heavy atom. The maximum atomic E-state index is 12.0. The van der Waals surface area contributed by atoms with Gasteiger partial charge in [-0.3, -0.25) is 9.89 Å². The molecular formula is C14H26N4O. The first-order valence-corrected chi connectivity index (χ1v) is 7.06. The van der Waals surface area contributed by atoms with E-state index in [1.54, 1.807) is 6.92 Å². The minimum Gasteiger partial charge on any atom is -0.318 e. The summed E-state index contributed by atoms with van der Waals surface area (Å²) in [5, 5.41) is 9.87. The quantitative estimate of drug-likeness (QED) is 0.709. The van der Waals surface area contributed by atoms with Gasteiger partial charge >= 0.3 is 0 Å². The molecule has 108 valence electrons. The van der Waals surface area contributed by atoms with E-state index in [4.69, 9.17) is 5.73 Å². The average Bonchev–Trinajstić information content (AvgIpc) is 2.77. The van der Waals surface area contributed by atoms with Crippen LogP contribution in [0.4, 0.5) is 5.82 Å². The predicted molar refractivity (Wildman–Crippen MR) is 78.0 cm³/mol. The summed E-state index contributed by atoms with van der Waals surface area (Å²) < 4.78 is 0. The molecule has 1 amide bonds. The lowest BCUT2D eigenvalue weighted by molar-refractivity contribution is -0.120. The molecule has 0 fully saturated rings. The summed E-state index contributed by atoms with van der Waals surface area (Å²) in [5.41, 5.74) is 6.19. The zero-order valence-corrected chi connectivity index (χ0v) is 12.4. The van der Waals surface area contributed by atoms with E-state index < -0.39 is 5.54 Å². The molecule has 0 aliphatic heterocycles. The molecule has 1 rings (SSSR count). The second kappa shape index (κ2) is 6.70. The summed E-state index contributed by atoms with van der Waals surface area (Å²) in [6.07, 6.45) is 3.75. The minimum atomic E-state index is -0.844. The molecule has 0 saturated carbocycles. The standard InChI is InChI=1S/C14H26N4O/c1-5-7-10(3)11-9-12(18-17-11)16-13(19)14(4,15)8-6-2/h9-10H,5-8,15H2,1-4H3,(H2,16,17,18,19). The molecule has 0 aliphatic rings. The van der Waals surface area contributed by atoms with Crippen LogP contribution in [0.1, 0.15) is 65.0 Å². The number of carbonyl (C=O) groups is 1. The van der Waals surface area contributed by atoms with Crippen LogP contribution < -0.4 is 11.1 Å². The summed E-state index contributed by atoms with van der Waals surface area (Å²) in [7, 11) is 0. The van der Waals surface area contributed by atoms with Crippen molar-refractivity contribution in [2.45, 2.75) is 64.8 Å².